The SMILES string of the molecule is CCCCOc1ccc(S(=O)(=O)n2cc(CCC(=O)O)c3cc(OC(C)C)ccc32)cc1. The van der Waals surface area contributed by atoms with Crippen LogP contribution in [-0.2, 0) is 21.2 Å². The van der Waals surface area contributed by atoms with Crippen molar-refractivity contribution >= 4 is 26.9 Å². The van der Waals surface area contributed by atoms with Gasteiger partial charge in [-0.1, -0.05) is 13.3 Å². The highest BCUT2D eigenvalue weighted by Gasteiger charge is 2.22. The predicted molar refractivity (Wildman–Crippen MR) is 123 cm³/mol. The Bertz CT molecular complexity index is 1180. The molecule has 2 aromatic carbocycles. The van der Waals surface area contributed by atoms with Gasteiger partial charge >= 0.3 is 5.97 Å². The van der Waals surface area contributed by atoms with Crippen molar-refractivity contribution in [3.63, 3.8) is 0 Å². The van der Waals surface area contributed by atoms with Crippen molar-refractivity contribution in [1.82, 2.24) is 3.97 Å². The summed E-state index contributed by atoms with van der Waals surface area (Å²) in [6.45, 7) is 6.46. The Kier molecular flexibility index (Phi) is 7.45. The number of unbranched alkanes of at least 4 members (excludes halogenated alkanes) is 1. The number of benzene rings is 2. The quantitative estimate of drug-likeness (QED) is 0.412. The van der Waals surface area contributed by atoms with Crippen LogP contribution in [0.2, 0.25) is 0 Å². The average molecular weight is 460 g/mol. The summed E-state index contributed by atoms with van der Waals surface area (Å²) in [5.74, 6) is 0.280. The van der Waals surface area contributed by atoms with E-state index in [2.05, 4.69) is 6.92 Å². The first-order valence-electron chi connectivity index (χ1n) is 10.7. The highest BCUT2D eigenvalue weighted by Crippen LogP contribution is 2.31. The van der Waals surface area contributed by atoms with Gasteiger partial charge in [0.1, 0.15) is 11.5 Å². The highest BCUT2D eigenvalue weighted by atomic mass is 32.2. The summed E-state index contributed by atoms with van der Waals surface area (Å²) in [6.07, 6.45) is 3.52. The molecule has 32 heavy (non-hydrogen) atoms. The lowest BCUT2D eigenvalue weighted by atomic mass is 10.1. The highest BCUT2D eigenvalue weighted by molar-refractivity contribution is 7.90. The normalized spacial score (nSPS) is 11.8. The molecule has 0 aliphatic carbocycles. The van der Waals surface area contributed by atoms with E-state index >= 15 is 0 Å². The van der Waals surface area contributed by atoms with Crippen LogP contribution in [0.1, 0.15) is 45.6 Å². The Hall–Kier alpha value is -3.00. The van der Waals surface area contributed by atoms with Gasteiger partial charge in [0.15, 0.2) is 0 Å². The van der Waals surface area contributed by atoms with Crippen LogP contribution in [0.25, 0.3) is 10.9 Å². The minimum absolute atomic E-state index is 0.0428. The third kappa shape index (κ3) is 5.43. The fraction of sp³-hybridized carbons (Fsp3) is 0.375. The van der Waals surface area contributed by atoms with Gasteiger partial charge in [-0.05, 0) is 74.7 Å². The van der Waals surface area contributed by atoms with Crippen LogP contribution in [-0.4, -0.2) is 36.2 Å². The van der Waals surface area contributed by atoms with Crippen molar-refractivity contribution in [2.45, 2.75) is 57.5 Å². The number of hydrogen-bond acceptors (Lipinski definition) is 5. The molecule has 0 saturated heterocycles. The average Bonchev–Trinajstić information content (AvgIpc) is 3.11. The molecule has 0 bridgehead atoms. The van der Waals surface area contributed by atoms with Crippen LogP contribution in [0.5, 0.6) is 11.5 Å². The number of aromatic nitrogens is 1. The summed E-state index contributed by atoms with van der Waals surface area (Å²) in [7, 11) is -3.89. The molecular weight excluding hydrogens is 430 g/mol. The van der Waals surface area contributed by atoms with E-state index in [1.165, 1.54) is 22.3 Å². The molecule has 0 aliphatic heterocycles. The molecule has 172 valence electrons. The Morgan fingerprint density at radius 1 is 1.09 bits per heavy atom. The molecule has 0 atom stereocenters. The maximum atomic E-state index is 13.4. The van der Waals surface area contributed by atoms with Crippen LogP contribution in [0, 0.1) is 0 Å². The second-order valence-electron chi connectivity index (χ2n) is 7.87. The van der Waals surface area contributed by atoms with Gasteiger partial charge < -0.3 is 14.6 Å². The van der Waals surface area contributed by atoms with E-state index in [0.29, 0.717) is 34.6 Å². The second-order valence-corrected chi connectivity index (χ2v) is 9.68. The van der Waals surface area contributed by atoms with E-state index in [1.807, 2.05) is 13.8 Å². The van der Waals surface area contributed by atoms with Gasteiger partial charge in [0.25, 0.3) is 10.0 Å². The molecule has 0 unspecified atom stereocenters. The van der Waals surface area contributed by atoms with E-state index in [9.17, 15) is 13.2 Å². The van der Waals surface area contributed by atoms with Crippen molar-refractivity contribution in [2.24, 2.45) is 0 Å². The maximum Gasteiger partial charge on any atom is 0.303 e. The van der Waals surface area contributed by atoms with Gasteiger partial charge in [-0.2, -0.15) is 0 Å². The van der Waals surface area contributed by atoms with E-state index < -0.39 is 16.0 Å². The predicted octanol–water partition coefficient (Wildman–Crippen LogP) is 4.86. The molecule has 0 saturated carbocycles. The summed E-state index contributed by atoms with van der Waals surface area (Å²) in [5, 5.41) is 9.77. The number of fused-ring (bicyclic) bond motifs is 1. The first-order chi connectivity index (χ1) is 15.2. The van der Waals surface area contributed by atoms with Crippen LogP contribution in [0.3, 0.4) is 0 Å². The number of aryl methyl sites for hydroxylation is 1. The van der Waals surface area contributed by atoms with Gasteiger partial charge in [0.2, 0.25) is 0 Å². The van der Waals surface area contributed by atoms with Crippen molar-refractivity contribution in [3.8, 4) is 11.5 Å². The summed E-state index contributed by atoms with van der Waals surface area (Å²) >= 11 is 0. The molecule has 0 amide bonds. The lowest BCUT2D eigenvalue weighted by Crippen LogP contribution is -2.12. The molecule has 0 fully saturated rings. The first kappa shape index (κ1) is 23.7. The molecule has 1 N–H and O–H groups in total. The topological polar surface area (TPSA) is 94.8 Å². The Labute approximate surface area is 188 Å². The van der Waals surface area contributed by atoms with Gasteiger partial charge in [0, 0.05) is 18.0 Å². The number of carboxylic acid groups (broad SMARTS) is 1. The zero-order valence-corrected chi connectivity index (χ0v) is 19.4. The third-order valence-electron chi connectivity index (χ3n) is 4.95. The smallest absolute Gasteiger partial charge is 0.303 e. The number of ether oxygens (including phenoxy) is 2. The summed E-state index contributed by atoms with van der Waals surface area (Å²) in [4.78, 5) is 11.2. The van der Waals surface area contributed by atoms with Gasteiger partial charge in [-0.25, -0.2) is 12.4 Å². The number of hydrogen-bond donors (Lipinski definition) is 1. The molecule has 8 heteroatoms. The van der Waals surface area contributed by atoms with Crippen molar-refractivity contribution in [3.05, 3.63) is 54.2 Å². The van der Waals surface area contributed by atoms with Crippen LogP contribution < -0.4 is 9.47 Å². The monoisotopic (exact) mass is 459 g/mol. The summed E-state index contributed by atoms with van der Waals surface area (Å²) < 4.78 is 39.4. The van der Waals surface area contributed by atoms with Crippen molar-refractivity contribution in [2.75, 3.05) is 6.61 Å². The number of nitrogens with zero attached hydrogens (tertiary/aromatic N) is 1. The van der Waals surface area contributed by atoms with E-state index in [-0.39, 0.29) is 23.8 Å². The fourth-order valence-corrected chi connectivity index (χ4v) is 4.78. The molecule has 1 aromatic heterocycles. The molecule has 1 heterocycles. The van der Waals surface area contributed by atoms with Crippen LogP contribution >= 0.6 is 0 Å². The molecule has 0 spiro atoms. The van der Waals surface area contributed by atoms with E-state index in [1.54, 1.807) is 30.3 Å². The number of carboxylic acids is 1. The van der Waals surface area contributed by atoms with E-state index in [4.69, 9.17) is 14.6 Å². The lowest BCUT2D eigenvalue weighted by Gasteiger charge is -2.11. The molecule has 0 aliphatic rings. The molecule has 3 rings (SSSR count). The van der Waals surface area contributed by atoms with Gasteiger partial charge in [-0.15, -0.1) is 0 Å². The standard InChI is InChI=1S/C24H29NO6S/c1-4-5-14-30-19-7-10-21(11-8-19)32(28,29)25-16-18(6-13-24(26)27)22-15-20(31-17(2)3)9-12-23(22)25/h7-12,15-17H,4-6,13-14H2,1-3H3,(H,26,27). The van der Waals surface area contributed by atoms with Gasteiger partial charge in [-0.3, -0.25) is 4.79 Å². The Morgan fingerprint density at radius 3 is 2.41 bits per heavy atom. The molecule has 3 aromatic rings. The summed E-state index contributed by atoms with van der Waals surface area (Å²) in [6, 6.07) is 11.5. The number of rotatable bonds is 11. The minimum Gasteiger partial charge on any atom is -0.494 e. The third-order valence-corrected chi connectivity index (χ3v) is 6.64. The minimum atomic E-state index is -3.89. The molecule has 0 radical (unpaired) electrons. The largest absolute Gasteiger partial charge is 0.494 e. The molecule has 7 nitrogen and oxygen atoms in total. The van der Waals surface area contributed by atoms with E-state index in [0.717, 1.165) is 12.8 Å². The zero-order chi connectivity index (χ0) is 23.3. The second kappa shape index (κ2) is 10.1. The first-order valence-corrected chi connectivity index (χ1v) is 12.2. The van der Waals surface area contributed by atoms with Crippen LogP contribution in [0.15, 0.2) is 53.6 Å². The number of carbonyl (C=O) groups is 1. The lowest BCUT2D eigenvalue weighted by molar-refractivity contribution is -0.136. The van der Waals surface area contributed by atoms with Gasteiger partial charge in [0.05, 0.1) is 23.1 Å². The number of aliphatic carboxylic acids is 1. The fourth-order valence-electron chi connectivity index (χ4n) is 3.39. The Morgan fingerprint density at radius 2 is 1.78 bits per heavy atom. The zero-order valence-electron chi connectivity index (χ0n) is 18.6. The summed E-state index contributed by atoms with van der Waals surface area (Å²) in [5.41, 5.74) is 1.12. The molecular formula is C24H29NO6S. The Balaban J connectivity index is 2.01. The van der Waals surface area contributed by atoms with Crippen molar-refractivity contribution in [1.29, 1.82) is 0 Å². The maximum absolute atomic E-state index is 13.4. The van der Waals surface area contributed by atoms with Crippen LogP contribution in [0.4, 0.5) is 0 Å². The van der Waals surface area contributed by atoms with Crippen molar-refractivity contribution < 1.29 is 27.8 Å².